The molecule has 0 radical (unpaired) electrons. The smallest absolute Gasteiger partial charge is 0.354 e. The summed E-state index contributed by atoms with van der Waals surface area (Å²) in [7, 11) is 0. The Morgan fingerprint density at radius 3 is 2.65 bits per heavy atom. The molecule has 0 saturated heterocycles. The molecule has 0 aliphatic carbocycles. The van der Waals surface area contributed by atoms with Crippen molar-refractivity contribution >= 4 is 28.5 Å². The van der Waals surface area contributed by atoms with Gasteiger partial charge in [-0.2, -0.15) is 0 Å². The molecule has 20 heavy (non-hydrogen) atoms. The van der Waals surface area contributed by atoms with Gasteiger partial charge < -0.3 is 5.11 Å². The topological polar surface area (TPSA) is 63.1 Å². The number of rotatable bonds is 3. The maximum absolute atomic E-state index is 11.2. The van der Waals surface area contributed by atoms with E-state index in [1.165, 1.54) is 11.8 Å². The van der Waals surface area contributed by atoms with Crippen LogP contribution in [0.4, 0.5) is 0 Å². The predicted octanol–water partition coefficient (Wildman–Crippen LogP) is 3.48. The van der Waals surface area contributed by atoms with Crippen LogP contribution < -0.4 is 0 Å². The average molecular weight is 282 g/mol. The second-order valence-corrected chi connectivity index (χ2v) is 5.12. The van der Waals surface area contributed by atoms with Crippen molar-refractivity contribution in [2.45, 2.75) is 10.1 Å². The third-order valence-corrected chi connectivity index (χ3v) is 3.72. The third-order valence-electron chi connectivity index (χ3n) is 2.76. The molecule has 0 amide bonds. The van der Waals surface area contributed by atoms with Crippen LogP contribution >= 0.6 is 11.8 Å². The van der Waals surface area contributed by atoms with Crippen molar-refractivity contribution in [2.24, 2.45) is 0 Å². The first kappa shape index (κ1) is 12.6. The molecule has 1 N–H and O–H groups in total. The van der Waals surface area contributed by atoms with E-state index in [9.17, 15) is 4.79 Å². The van der Waals surface area contributed by atoms with Crippen molar-refractivity contribution in [1.29, 1.82) is 0 Å². The summed E-state index contributed by atoms with van der Waals surface area (Å²) in [5, 5.41) is 12.4. The van der Waals surface area contributed by atoms with Crippen molar-refractivity contribution in [3.63, 3.8) is 0 Å². The van der Waals surface area contributed by atoms with E-state index in [-0.39, 0.29) is 5.69 Å². The Labute approximate surface area is 119 Å². The number of nitrogens with zero attached hydrogens (tertiary/aromatic N) is 2. The van der Waals surface area contributed by atoms with Crippen LogP contribution in [-0.4, -0.2) is 21.0 Å². The Bertz CT molecular complexity index is 775. The minimum atomic E-state index is -1.03. The highest BCUT2D eigenvalue weighted by atomic mass is 32.2. The monoisotopic (exact) mass is 282 g/mol. The first-order chi connectivity index (χ1) is 9.74. The van der Waals surface area contributed by atoms with Crippen LogP contribution in [0.5, 0.6) is 0 Å². The SMILES string of the molecule is O=C(O)c1cc2ccccc2c(Sc2ccccn2)n1. The second kappa shape index (κ2) is 5.30. The van der Waals surface area contributed by atoms with E-state index in [0.717, 1.165) is 15.8 Å². The van der Waals surface area contributed by atoms with Gasteiger partial charge in [-0.15, -0.1) is 0 Å². The molecule has 5 heteroatoms. The third kappa shape index (κ3) is 2.48. The van der Waals surface area contributed by atoms with Gasteiger partial charge in [0.15, 0.2) is 0 Å². The fourth-order valence-electron chi connectivity index (χ4n) is 1.86. The fraction of sp³-hybridized carbons (Fsp3) is 0. The molecule has 0 spiro atoms. The van der Waals surface area contributed by atoms with E-state index in [1.54, 1.807) is 12.3 Å². The van der Waals surface area contributed by atoms with E-state index in [4.69, 9.17) is 5.11 Å². The Hall–Kier alpha value is -2.40. The van der Waals surface area contributed by atoms with Gasteiger partial charge in [-0.05, 0) is 35.3 Å². The Morgan fingerprint density at radius 2 is 1.90 bits per heavy atom. The predicted molar refractivity (Wildman–Crippen MR) is 77.1 cm³/mol. The number of carbonyl (C=O) groups is 1. The van der Waals surface area contributed by atoms with Crippen LogP contribution in [0.25, 0.3) is 10.8 Å². The number of benzene rings is 1. The van der Waals surface area contributed by atoms with Gasteiger partial charge >= 0.3 is 5.97 Å². The van der Waals surface area contributed by atoms with Crippen LogP contribution in [0.1, 0.15) is 10.5 Å². The standard InChI is InChI=1S/C15H10N2O2S/c18-15(19)12-9-10-5-1-2-6-11(10)14(17-12)20-13-7-3-4-8-16-13/h1-9H,(H,18,19). The highest BCUT2D eigenvalue weighted by molar-refractivity contribution is 7.99. The minimum Gasteiger partial charge on any atom is -0.477 e. The normalized spacial score (nSPS) is 10.6. The van der Waals surface area contributed by atoms with Gasteiger partial charge in [0.25, 0.3) is 0 Å². The molecule has 2 aromatic heterocycles. The molecule has 0 fully saturated rings. The first-order valence-electron chi connectivity index (χ1n) is 5.96. The highest BCUT2D eigenvalue weighted by Crippen LogP contribution is 2.31. The fourth-order valence-corrected chi connectivity index (χ4v) is 2.76. The lowest BCUT2D eigenvalue weighted by Gasteiger charge is -2.06. The van der Waals surface area contributed by atoms with Crippen molar-refractivity contribution in [1.82, 2.24) is 9.97 Å². The van der Waals surface area contributed by atoms with E-state index in [0.29, 0.717) is 5.03 Å². The van der Waals surface area contributed by atoms with Gasteiger partial charge in [-0.3, -0.25) is 0 Å². The second-order valence-electron chi connectivity index (χ2n) is 4.11. The van der Waals surface area contributed by atoms with E-state index in [2.05, 4.69) is 9.97 Å². The van der Waals surface area contributed by atoms with Crippen molar-refractivity contribution in [2.75, 3.05) is 0 Å². The summed E-state index contributed by atoms with van der Waals surface area (Å²) >= 11 is 1.36. The zero-order valence-electron chi connectivity index (χ0n) is 10.4. The van der Waals surface area contributed by atoms with Gasteiger partial charge in [0.1, 0.15) is 15.7 Å². The lowest BCUT2D eigenvalue weighted by Crippen LogP contribution is -2.01. The Balaban J connectivity index is 2.15. The molecule has 0 atom stereocenters. The largest absolute Gasteiger partial charge is 0.477 e. The van der Waals surface area contributed by atoms with Crippen molar-refractivity contribution in [3.05, 3.63) is 60.4 Å². The zero-order valence-corrected chi connectivity index (χ0v) is 11.2. The van der Waals surface area contributed by atoms with Gasteiger partial charge in [0.05, 0.1) is 0 Å². The molecule has 0 aliphatic rings. The number of carboxylic acids is 1. The molecule has 1 aromatic carbocycles. The van der Waals surface area contributed by atoms with Gasteiger partial charge in [0.2, 0.25) is 0 Å². The molecule has 2 heterocycles. The van der Waals surface area contributed by atoms with Crippen LogP contribution in [0, 0.1) is 0 Å². The highest BCUT2D eigenvalue weighted by Gasteiger charge is 2.12. The Morgan fingerprint density at radius 1 is 1.10 bits per heavy atom. The van der Waals surface area contributed by atoms with Crippen LogP contribution in [0.15, 0.2) is 64.8 Å². The minimum absolute atomic E-state index is 0.0436. The molecule has 0 unspecified atom stereocenters. The zero-order chi connectivity index (χ0) is 13.9. The maximum atomic E-state index is 11.2. The number of aromatic carboxylic acids is 1. The lowest BCUT2D eigenvalue weighted by molar-refractivity contribution is 0.0690. The van der Waals surface area contributed by atoms with E-state index < -0.39 is 5.97 Å². The van der Waals surface area contributed by atoms with E-state index in [1.807, 2.05) is 42.5 Å². The molecule has 4 nitrogen and oxygen atoms in total. The summed E-state index contributed by atoms with van der Waals surface area (Å²) in [6.45, 7) is 0. The number of carboxylic acid groups (broad SMARTS) is 1. The molecule has 3 rings (SSSR count). The van der Waals surface area contributed by atoms with Gasteiger partial charge in [0, 0.05) is 11.6 Å². The number of hydrogen-bond acceptors (Lipinski definition) is 4. The summed E-state index contributed by atoms with van der Waals surface area (Å²) in [6, 6.07) is 14.8. The number of aromatic nitrogens is 2. The molecular weight excluding hydrogens is 272 g/mol. The molecule has 0 bridgehead atoms. The molecule has 98 valence electrons. The van der Waals surface area contributed by atoms with Crippen LogP contribution in [0.2, 0.25) is 0 Å². The molecule has 3 aromatic rings. The van der Waals surface area contributed by atoms with E-state index >= 15 is 0 Å². The summed E-state index contributed by atoms with van der Waals surface area (Å²) in [5.74, 6) is -1.03. The van der Waals surface area contributed by atoms with Gasteiger partial charge in [-0.25, -0.2) is 14.8 Å². The van der Waals surface area contributed by atoms with Crippen LogP contribution in [-0.2, 0) is 0 Å². The first-order valence-corrected chi connectivity index (χ1v) is 6.77. The number of fused-ring (bicyclic) bond motifs is 1. The molecule has 0 aliphatic heterocycles. The summed E-state index contributed by atoms with van der Waals surface area (Å²) in [6.07, 6.45) is 1.70. The summed E-state index contributed by atoms with van der Waals surface area (Å²) < 4.78 is 0. The van der Waals surface area contributed by atoms with Crippen molar-refractivity contribution in [3.8, 4) is 0 Å². The molecule has 0 saturated carbocycles. The summed E-state index contributed by atoms with van der Waals surface area (Å²) in [4.78, 5) is 19.6. The maximum Gasteiger partial charge on any atom is 0.354 e. The Kier molecular flexibility index (Phi) is 3.35. The number of pyridine rings is 2. The molecular formula is C15H10N2O2S. The number of hydrogen-bond donors (Lipinski definition) is 1. The van der Waals surface area contributed by atoms with Gasteiger partial charge in [-0.1, -0.05) is 30.3 Å². The quantitative estimate of drug-likeness (QED) is 0.796. The lowest BCUT2D eigenvalue weighted by atomic mass is 10.1. The van der Waals surface area contributed by atoms with Crippen molar-refractivity contribution < 1.29 is 9.90 Å². The summed E-state index contributed by atoms with van der Waals surface area (Å²) in [5.41, 5.74) is 0.0436. The van der Waals surface area contributed by atoms with Crippen LogP contribution in [0.3, 0.4) is 0 Å². The average Bonchev–Trinajstić information content (AvgIpc) is 2.48.